The number of benzene rings is 2. The number of non-ortho nitro benzene ring substituents is 1. The van der Waals surface area contributed by atoms with E-state index in [9.17, 15) is 18.9 Å². The lowest BCUT2D eigenvalue weighted by Crippen LogP contribution is -2.16. The van der Waals surface area contributed by atoms with E-state index < -0.39 is 22.6 Å². The summed E-state index contributed by atoms with van der Waals surface area (Å²) in [6.07, 6.45) is 0. The van der Waals surface area contributed by atoms with Crippen molar-refractivity contribution in [3.8, 4) is 0 Å². The number of nitro groups is 1. The number of hydrogen-bond acceptors (Lipinski definition) is 3. The molecule has 0 aliphatic rings. The Balaban J connectivity index is 2.53. The van der Waals surface area contributed by atoms with Gasteiger partial charge in [0.05, 0.1) is 11.0 Å². The molecule has 0 aliphatic heterocycles. The first-order valence-electron chi connectivity index (χ1n) is 5.85. The standard InChI is InChI=1S/C14H12F2N2O2/c1-8-5-9(7-10(6-8)18(19)20)14(17)13-11(15)3-2-4-12(13)16/h2-7,14H,17H2,1H3. The van der Waals surface area contributed by atoms with Gasteiger partial charge in [-0.2, -0.15) is 0 Å². The Hall–Kier alpha value is -2.34. The molecule has 0 heterocycles. The normalized spacial score (nSPS) is 12.2. The average molecular weight is 278 g/mol. The van der Waals surface area contributed by atoms with Gasteiger partial charge in [0.2, 0.25) is 0 Å². The van der Waals surface area contributed by atoms with Gasteiger partial charge in [0.25, 0.3) is 5.69 Å². The molecule has 2 N–H and O–H groups in total. The molecule has 0 saturated carbocycles. The Bertz CT molecular complexity index is 654. The van der Waals surface area contributed by atoms with Crippen LogP contribution in [0.15, 0.2) is 36.4 Å². The number of nitrogens with two attached hydrogens (primary N) is 1. The first kappa shape index (κ1) is 14.1. The Labute approximate surface area is 114 Å². The van der Waals surface area contributed by atoms with E-state index in [1.807, 2.05) is 0 Å². The van der Waals surface area contributed by atoms with Gasteiger partial charge in [-0.25, -0.2) is 8.78 Å². The molecule has 2 rings (SSSR count). The van der Waals surface area contributed by atoms with E-state index >= 15 is 0 Å². The van der Waals surface area contributed by atoms with Crippen LogP contribution in [0.5, 0.6) is 0 Å². The molecular weight excluding hydrogens is 266 g/mol. The molecule has 6 heteroatoms. The zero-order valence-electron chi connectivity index (χ0n) is 10.6. The highest BCUT2D eigenvalue weighted by Crippen LogP contribution is 2.28. The van der Waals surface area contributed by atoms with Crippen molar-refractivity contribution in [2.75, 3.05) is 0 Å². The largest absolute Gasteiger partial charge is 0.320 e. The highest BCUT2D eigenvalue weighted by molar-refractivity contribution is 5.43. The van der Waals surface area contributed by atoms with Crippen molar-refractivity contribution in [2.45, 2.75) is 13.0 Å². The lowest BCUT2D eigenvalue weighted by atomic mass is 9.96. The minimum absolute atomic E-state index is 0.160. The Morgan fingerprint density at radius 2 is 1.80 bits per heavy atom. The Morgan fingerprint density at radius 1 is 1.20 bits per heavy atom. The summed E-state index contributed by atoms with van der Waals surface area (Å²) in [5.74, 6) is -1.55. The monoisotopic (exact) mass is 278 g/mol. The van der Waals surface area contributed by atoms with Gasteiger partial charge in [0.1, 0.15) is 11.6 Å². The smallest absolute Gasteiger partial charge is 0.270 e. The fourth-order valence-corrected chi connectivity index (χ4v) is 2.05. The summed E-state index contributed by atoms with van der Waals surface area (Å²) in [4.78, 5) is 10.2. The predicted molar refractivity (Wildman–Crippen MR) is 70.2 cm³/mol. The van der Waals surface area contributed by atoms with E-state index in [4.69, 9.17) is 5.73 Å². The number of halogens is 2. The summed E-state index contributed by atoms with van der Waals surface area (Å²) in [5.41, 5.74) is 6.29. The van der Waals surface area contributed by atoms with Gasteiger partial charge in [-0.3, -0.25) is 10.1 Å². The molecule has 0 saturated heterocycles. The lowest BCUT2D eigenvalue weighted by Gasteiger charge is -2.15. The van der Waals surface area contributed by atoms with E-state index in [2.05, 4.69) is 0 Å². The number of nitro benzene ring substituents is 1. The van der Waals surface area contributed by atoms with Gasteiger partial charge in [-0.05, 0) is 30.2 Å². The van der Waals surface area contributed by atoms with Gasteiger partial charge in [0, 0.05) is 17.7 Å². The molecule has 1 unspecified atom stereocenters. The van der Waals surface area contributed by atoms with Gasteiger partial charge < -0.3 is 5.73 Å². The molecule has 104 valence electrons. The maximum absolute atomic E-state index is 13.7. The molecule has 0 radical (unpaired) electrons. The van der Waals surface area contributed by atoms with Crippen LogP contribution in [0.1, 0.15) is 22.7 Å². The van der Waals surface area contributed by atoms with Crippen LogP contribution >= 0.6 is 0 Å². The third-order valence-corrected chi connectivity index (χ3v) is 2.97. The summed E-state index contributed by atoms with van der Waals surface area (Å²) in [5, 5.41) is 10.8. The SMILES string of the molecule is Cc1cc(C(N)c2c(F)cccc2F)cc([N+](=O)[O-])c1. The third kappa shape index (κ3) is 2.65. The van der Waals surface area contributed by atoms with Crippen LogP contribution in [-0.2, 0) is 0 Å². The number of rotatable bonds is 3. The Morgan fingerprint density at radius 3 is 2.35 bits per heavy atom. The van der Waals surface area contributed by atoms with Gasteiger partial charge in [-0.1, -0.05) is 12.1 Å². The van der Waals surface area contributed by atoms with E-state index in [0.717, 1.165) is 12.1 Å². The van der Waals surface area contributed by atoms with Gasteiger partial charge in [-0.15, -0.1) is 0 Å². The van der Waals surface area contributed by atoms with Crippen molar-refractivity contribution in [2.24, 2.45) is 5.73 Å². The van der Waals surface area contributed by atoms with E-state index in [0.29, 0.717) is 11.1 Å². The van der Waals surface area contributed by atoms with Crippen LogP contribution in [0.4, 0.5) is 14.5 Å². The third-order valence-electron chi connectivity index (χ3n) is 2.97. The molecule has 0 aromatic heterocycles. The van der Waals surface area contributed by atoms with Crippen molar-refractivity contribution >= 4 is 5.69 Å². The number of nitrogens with zero attached hydrogens (tertiary/aromatic N) is 1. The zero-order valence-corrected chi connectivity index (χ0v) is 10.6. The van der Waals surface area contributed by atoms with Crippen molar-refractivity contribution in [3.63, 3.8) is 0 Å². The van der Waals surface area contributed by atoms with Crippen molar-refractivity contribution in [3.05, 3.63) is 74.8 Å². The van der Waals surface area contributed by atoms with E-state index in [-0.39, 0.29) is 11.3 Å². The highest BCUT2D eigenvalue weighted by atomic mass is 19.1. The van der Waals surface area contributed by atoms with E-state index in [1.165, 1.54) is 18.2 Å². The molecule has 20 heavy (non-hydrogen) atoms. The lowest BCUT2D eigenvalue weighted by molar-refractivity contribution is -0.385. The van der Waals surface area contributed by atoms with Crippen molar-refractivity contribution < 1.29 is 13.7 Å². The summed E-state index contributed by atoms with van der Waals surface area (Å²) in [7, 11) is 0. The minimum Gasteiger partial charge on any atom is -0.320 e. The summed E-state index contributed by atoms with van der Waals surface area (Å²) in [6, 6.07) is 6.50. The second kappa shape index (κ2) is 5.34. The van der Waals surface area contributed by atoms with Crippen LogP contribution in [0.3, 0.4) is 0 Å². The van der Waals surface area contributed by atoms with Crippen LogP contribution in [0, 0.1) is 28.7 Å². The molecule has 0 spiro atoms. The topological polar surface area (TPSA) is 69.2 Å². The maximum atomic E-state index is 13.7. The van der Waals surface area contributed by atoms with Crippen LogP contribution in [-0.4, -0.2) is 4.92 Å². The first-order chi connectivity index (χ1) is 9.40. The van der Waals surface area contributed by atoms with E-state index in [1.54, 1.807) is 13.0 Å². The average Bonchev–Trinajstić information content (AvgIpc) is 2.37. The quantitative estimate of drug-likeness (QED) is 0.692. The van der Waals surface area contributed by atoms with Gasteiger partial charge >= 0.3 is 0 Å². The molecule has 1 atom stereocenters. The molecular formula is C14H12F2N2O2. The molecule has 0 amide bonds. The van der Waals surface area contributed by atoms with Crippen molar-refractivity contribution in [1.29, 1.82) is 0 Å². The Kier molecular flexibility index (Phi) is 3.76. The summed E-state index contributed by atoms with van der Waals surface area (Å²) < 4.78 is 27.4. The predicted octanol–water partition coefficient (Wildman–Crippen LogP) is 3.23. The fourth-order valence-electron chi connectivity index (χ4n) is 2.05. The van der Waals surface area contributed by atoms with Crippen LogP contribution < -0.4 is 5.73 Å². The molecule has 2 aromatic rings. The summed E-state index contributed by atoms with van der Waals surface area (Å²) >= 11 is 0. The fraction of sp³-hybridized carbons (Fsp3) is 0.143. The number of hydrogen-bond donors (Lipinski definition) is 1. The molecule has 0 fully saturated rings. The van der Waals surface area contributed by atoms with Crippen LogP contribution in [0.2, 0.25) is 0 Å². The molecule has 4 nitrogen and oxygen atoms in total. The highest BCUT2D eigenvalue weighted by Gasteiger charge is 2.20. The van der Waals surface area contributed by atoms with Crippen LogP contribution in [0.25, 0.3) is 0 Å². The molecule has 0 bridgehead atoms. The summed E-state index contributed by atoms with van der Waals surface area (Å²) in [6.45, 7) is 1.65. The first-order valence-corrected chi connectivity index (χ1v) is 5.85. The molecule has 2 aromatic carbocycles. The minimum atomic E-state index is -1.10. The second-order valence-corrected chi connectivity index (χ2v) is 4.47. The molecule has 0 aliphatic carbocycles. The van der Waals surface area contributed by atoms with Crippen molar-refractivity contribution in [1.82, 2.24) is 0 Å². The van der Waals surface area contributed by atoms with Gasteiger partial charge in [0.15, 0.2) is 0 Å². The second-order valence-electron chi connectivity index (χ2n) is 4.47. The zero-order chi connectivity index (χ0) is 14.9. The number of aryl methyl sites for hydroxylation is 1. The maximum Gasteiger partial charge on any atom is 0.270 e.